The highest BCUT2D eigenvalue weighted by Crippen LogP contribution is 2.30. The summed E-state index contributed by atoms with van der Waals surface area (Å²) >= 11 is 7.75. The number of fused-ring (bicyclic) bond motifs is 1. The monoisotopic (exact) mass is 480 g/mol. The van der Waals surface area contributed by atoms with Gasteiger partial charge < -0.3 is 10.2 Å². The number of nitrogens with zero attached hydrogens (tertiary/aromatic N) is 5. The van der Waals surface area contributed by atoms with E-state index in [1.54, 1.807) is 18.6 Å². The molecule has 0 bridgehead atoms. The number of hydrogen-bond acceptors (Lipinski definition) is 6. The van der Waals surface area contributed by atoms with E-state index in [2.05, 4.69) is 50.5 Å². The highest BCUT2D eigenvalue weighted by atomic mass is 35.5. The Labute approximate surface area is 201 Å². The largest absolute Gasteiger partial charge is 0.353 e. The van der Waals surface area contributed by atoms with Gasteiger partial charge in [0.15, 0.2) is 0 Å². The van der Waals surface area contributed by atoms with Crippen molar-refractivity contribution in [2.24, 2.45) is 7.05 Å². The molecule has 9 heteroatoms. The third-order valence-corrected chi connectivity index (χ3v) is 7.37. The van der Waals surface area contributed by atoms with Crippen LogP contribution in [0.2, 0.25) is 5.15 Å². The SMILES string of the molecule is Cn1ncc(C(=O)Nc2ccccc2CCN2CCN(c3nsc4ccccc34)CC2)c1Cl. The molecule has 7 nitrogen and oxygen atoms in total. The standard InChI is InChI=1S/C24H25ClN6OS/c1-29-22(25)19(16-26-29)24(32)27-20-8-4-2-6-17(20)10-11-30-12-14-31(15-13-30)23-18-7-3-5-9-21(18)33-28-23/h2-9,16H,10-15H2,1H3,(H,27,32). The molecule has 0 saturated carbocycles. The van der Waals surface area contributed by atoms with Gasteiger partial charge in [0, 0.05) is 50.8 Å². The lowest BCUT2D eigenvalue weighted by Gasteiger charge is -2.35. The number of hydrogen-bond donors (Lipinski definition) is 1. The highest BCUT2D eigenvalue weighted by Gasteiger charge is 2.21. The molecular formula is C24H25ClN6OS. The lowest BCUT2D eigenvalue weighted by Crippen LogP contribution is -2.47. The Kier molecular flexibility index (Phi) is 6.30. The minimum absolute atomic E-state index is 0.246. The molecule has 1 fully saturated rings. The van der Waals surface area contributed by atoms with Crippen molar-refractivity contribution < 1.29 is 4.79 Å². The zero-order chi connectivity index (χ0) is 22.8. The first-order valence-corrected chi connectivity index (χ1v) is 12.1. The van der Waals surface area contributed by atoms with Gasteiger partial charge in [0.05, 0.1) is 16.5 Å². The van der Waals surface area contributed by atoms with E-state index in [-0.39, 0.29) is 5.91 Å². The minimum atomic E-state index is -0.246. The van der Waals surface area contributed by atoms with Crippen molar-refractivity contribution >= 4 is 50.6 Å². The number of carbonyl (C=O) groups excluding carboxylic acids is 1. The van der Waals surface area contributed by atoms with E-state index in [4.69, 9.17) is 16.0 Å². The van der Waals surface area contributed by atoms with Crippen LogP contribution in [0.15, 0.2) is 54.7 Å². The first kappa shape index (κ1) is 21.9. The first-order chi connectivity index (χ1) is 16.1. The molecule has 33 heavy (non-hydrogen) atoms. The van der Waals surface area contributed by atoms with Gasteiger partial charge in [0.2, 0.25) is 0 Å². The molecule has 2 aromatic heterocycles. The van der Waals surface area contributed by atoms with Crippen LogP contribution >= 0.6 is 23.1 Å². The Hall–Kier alpha value is -2.94. The first-order valence-electron chi connectivity index (χ1n) is 11.0. The number of aryl methyl sites for hydroxylation is 1. The van der Waals surface area contributed by atoms with Crippen molar-refractivity contribution in [3.63, 3.8) is 0 Å². The van der Waals surface area contributed by atoms with Crippen LogP contribution in [0.5, 0.6) is 0 Å². The molecule has 5 rings (SSSR count). The molecule has 2 aromatic carbocycles. The summed E-state index contributed by atoms with van der Waals surface area (Å²) < 4.78 is 7.42. The van der Waals surface area contributed by atoms with Crippen LogP contribution in [0.25, 0.3) is 10.1 Å². The van der Waals surface area contributed by atoms with Gasteiger partial charge in [-0.2, -0.15) is 9.47 Å². The molecule has 0 spiro atoms. The number of carbonyl (C=O) groups is 1. The number of anilines is 2. The van der Waals surface area contributed by atoms with E-state index in [0.29, 0.717) is 10.7 Å². The number of amides is 1. The zero-order valence-corrected chi connectivity index (χ0v) is 19.9. The maximum absolute atomic E-state index is 12.7. The van der Waals surface area contributed by atoms with Crippen LogP contribution in [0, 0.1) is 0 Å². The molecule has 1 saturated heterocycles. The van der Waals surface area contributed by atoms with E-state index in [0.717, 1.165) is 56.2 Å². The van der Waals surface area contributed by atoms with Crippen molar-refractivity contribution in [3.8, 4) is 0 Å². The molecule has 0 atom stereocenters. The average molecular weight is 481 g/mol. The Bertz CT molecular complexity index is 1280. The molecule has 0 aliphatic carbocycles. The van der Waals surface area contributed by atoms with Crippen LogP contribution < -0.4 is 10.2 Å². The fraction of sp³-hybridized carbons (Fsp3) is 0.292. The number of aromatic nitrogens is 3. The predicted octanol–water partition coefficient (Wildman–Crippen LogP) is 4.30. The minimum Gasteiger partial charge on any atom is -0.353 e. The summed E-state index contributed by atoms with van der Waals surface area (Å²) in [6.45, 7) is 4.85. The Morgan fingerprint density at radius 3 is 2.64 bits per heavy atom. The molecule has 4 aromatic rings. The van der Waals surface area contributed by atoms with Crippen LogP contribution in [-0.4, -0.2) is 57.7 Å². The quantitative estimate of drug-likeness (QED) is 0.445. The van der Waals surface area contributed by atoms with E-state index in [1.165, 1.54) is 21.0 Å². The molecule has 1 aliphatic rings. The van der Waals surface area contributed by atoms with Crippen LogP contribution in [0.4, 0.5) is 11.5 Å². The molecule has 3 heterocycles. The van der Waals surface area contributed by atoms with Crippen molar-refractivity contribution in [2.75, 3.05) is 42.9 Å². The molecule has 1 aliphatic heterocycles. The average Bonchev–Trinajstić information content (AvgIpc) is 3.42. The second kappa shape index (κ2) is 9.51. The summed E-state index contributed by atoms with van der Waals surface area (Å²) in [6, 6.07) is 16.4. The van der Waals surface area contributed by atoms with Crippen molar-refractivity contribution in [1.29, 1.82) is 0 Å². The Morgan fingerprint density at radius 2 is 1.85 bits per heavy atom. The van der Waals surface area contributed by atoms with E-state index >= 15 is 0 Å². The summed E-state index contributed by atoms with van der Waals surface area (Å²) in [7, 11) is 1.71. The number of nitrogens with one attached hydrogen (secondary N) is 1. The molecular weight excluding hydrogens is 456 g/mol. The van der Waals surface area contributed by atoms with Gasteiger partial charge >= 0.3 is 0 Å². The van der Waals surface area contributed by atoms with Gasteiger partial charge in [0.25, 0.3) is 5.91 Å². The molecule has 1 N–H and O–H groups in total. The lowest BCUT2D eigenvalue weighted by atomic mass is 10.1. The van der Waals surface area contributed by atoms with Crippen molar-refractivity contribution in [1.82, 2.24) is 19.1 Å². The summed E-state index contributed by atoms with van der Waals surface area (Å²) in [4.78, 5) is 17.5. The lowest BCUT2D eigenvalue weighted by molar-refractivity contribution is 0.102. The van der Waals surface area contributed by atoms with Gasteiger partial charge in [-0.15, -0.1) is 0 Å². The van der Waals surface area contributed by atoms with Gasteiger partial charge in [-0.3, -0.25) is 14.4 Å². The van der Waals surface area contributed by atoms with Gasteiger partial charge in [-0.1, -0.05) is 41.9 Å². The summed E-state index contributed by atoms with van der Waals surface area (Å²) in [6.07, 6.45) is 2.35. The molecule has 1 amide bonds. The summed E-state index contributed by atoms with van der Waals surface area (Å²) in [5, 5.41) is 8.62. The van der Waals surface area contributed by atoms with E-state index in [9.17, 15) is 4.79 Å². The third kappa shape index (κ3) is 4.59. The normalized spacial score (nSPS) is 14.7. The van der Waals surface area contributed by atoms with Gasteiger partial charge in [-0.05, 0) is 41.7 Å². The fourth-order valence-corrected chi connectivity index (χ4v) is 5.16. The molecule has 0 radical (unpaired) electrons. The Balaban J connectivity index is 1.19. The van der Waals surface area contributed by atoms with Gasteiger partial charge in [0.1, 0.15) is 11.0 Å². The maximum atomic E-state index is 12.7. The number of piperazine rings is 1. The van der Waals surface area contributed by atoms with Gasteiger partial charge in [-0.25, -0.2) is 0 Å². The second-order valence-electron chi connectivity index (χ2n) is 8.16. The molecule has 170 valence electrons. The van der Waals surface area contributed by atoms with Crippen molar-refractivity contribution in [3.05, 3.63) is 71.0 Å². The second-order valence-corrected chi connectivity index (χ2v) is 9.33. The van der Waals surface area contributed by atoms with E-state index in [1.807, 2.05) is 18.2 Å². The zero-order valence-electron chi connectivity index (χ0n) is 18.4. The summed E-state index contributed by atoms with van der Waals surface area (Å²) in [5.74, 6) is 0.863. The van der Waals surface area contributed by atoms with Crippen LogP contribution in [0.1, 0.15) is 15.9 Å². The topological polar surface area (TPSA) is 66.3 Å². The number of benzene rings is 2. The third-order valence-electron chi connectivity index (χ3n) is 6.10. The Morgan fingerprint density at radius 1 is 1.09 bits per heavy atom. The number of rotatable bonds is 6. The predicted molar refractivity (Wildman–Crippen MR) is 135 cm³/mol. The van der Waals surface area contributed by atoms with Crippen LogP contribution in [-0.2, 0) is 13.5 Å². The number of para-hydroxylation sites is 1. The highest BCUT2D eigenvalue weighted by molar-refractivity contribution is 7.13. The smallest absolute Gasteiger partial charge is 0.260 e. The van der Waals surface area contributed by atoms with E-state index < -0.39 is 0 Å². The summed E-state index contributed by atoms with van der Waals surface area (Å²) in [5.41, 5.74) is 2.30. The fourth-order valence-electron chi connectivity index (χ4n) is 4.19. The van der Waals surface area contributed by atoms with Crippen molar-refractivity contribution in [2.45, 2.75) is 6.42 Å². The number of halogens is 1. The molecule has 0 unspecified atom stereocenters. The van der Waals surface area contributed by atoms with Crippen LogP contribution in [0.3, 0.4) is 0 Å². The maximum Gasteiger partial charge on any atom is 0.260 e.